The molecule has 1 aliphatic rings. The minimum absolute atomic E-state index is 0.305. The molecule has 0 aliphatic carbocycles. The van der Waals surface area contributed by atoms with Crippen molar-refractivity contribution in [3.63, 3.8) is 0 Å². The molecule has 1 aromatic rings. The number of thiocarbonyl (C=S) groups is 1. The van der Waals surface area contributed by atoms with E-state index in [9.17, 15) is 4.79 Å². The molecule has 2 nitrogen and oxygen atoms in total. The van der Waals surface area contributed by atoms with E-state index in [0.29, 0.717) is 10.6 Å². The second-order valence-corrected chi connectivity index (χ2v) is 4.74. The van der Waals surface area contributed by atoms with E-state index >= 15 is 0 Å². The first-order chi connectivity index (χ1) is 8.22. The number of aryl methyl sites for hydroxylation is 1. The average molecular weight is 248 g/mol. The lowest BCUT2D eigenvalue weighted by Gasteiger charge is -2.02. The molecule has 0 bridgehead atoms. The van der Waals surface area contributed by atoms with Gasteiger partial charge in [-0.3, -0.25) is 0 Å². The minimum atomic E-state index is -0.305. The van der Waals surface area contributed by atoms with E-state index in [1.165, 1.54) is 31.2 Å². The van der Waals surface area contributed by atoms with Gasteiger partial charge in [0.05, 0.1) is 5.56 Å². The fourth-order valence-electron chi connectivity index (χ4n) is 2.04. The highest BCUT2D eigenvalue weighted by Crippen LogP contribution is 2.22. The maximum Gasteiger partial charge on any atom is 0.345 e. The van der Waals surface area contributed by atoms with Crippen LogP contribution in [-0.4, -0.2) is 11.0 Å². The molecule has 1 aliphatic heterocycles. The van der Waals surface area contributed by atoms with E-state index in [0.717, 1.165) is 12.0 Å². The van der Waals surface area contributed by atoms with Crippen LogP contribution < -0.4 is 0 Å². The van der Waals surface area contributed by atoms with Gasteiger partial charge in [0, 0.05) is 5.56 Å². The van der Waals surface area contributed by atoms with Crippen molar-refractivity contribution < 1.29 is 9.53 Å². The molecule has 0 radical (unpaired) electrons. The van der Waals surface area contributed by atoms with E-state index < -0.39 is 0 Å². The average Bonchev–Trinajstić information content (AvgIpc) is 2.61. The maximum absolute atomic E-state index is 11.5. The van der Waals surface area contributed by atoms with E-state index in [2.05, 4.69) is 6.92 Å². The minimum Gasteiger partial charge on any atom is -0.410 e. The first kappa shape index (κ1) is 12.2. The summed E-state index contributed by atoms with van der Waals surface area (Å²) in [6, 6.07) is 5.86. The Hall–Kier alpha value is -1.22. The molecule has 2 rings (SSSR count). The van der Waals surface area contributed by atoms with Crippen LogP contribution in [0.15, 0.2) is 18.2 Å². The van der Waals surface area contributed by atoms with Crippen LogP contribution in [0.3, 0.4) is 0 Å². The summed E-state index contributed by atoms with van der Waals surface area (Å²) in [5.74, 6) is -0.305. The number of fused-ring (bicyclic) bond motifs is 1. The molecule has 0 atom stereocenters. The van der Waals surface area contributed by atoms with Crippen molar-refractivity contribution in [1.29, 1.82) is 0 Å². The molecule has 0 spiro atoms. The second kappa shape index (κ2) is 5.41. The molecule has 0 aromatic heterocycles. The van der Waals surface area contributed by atoms with Crippen LogP contribution in [0.2, 0.25) is 0 Å². The highest BCUT2D eigenvalue weighted by atomic mass is 32.1. The first-order valence-electron chi connectivity index (χ1n) is 6.12. The van der Waals surface area contributed by atoms with Crippen LogP contribution in [0, 0.1) is 0 Å². The van der Waals surface area contributed by atoms with Crippen molar-refractivity contribution in [3.8, 4) is 0 Å². The van der Waals surface area contributed by atoms with Crippen LogP contribution in [0.1, 0.15) is 54.1 Å². The molecular weight excluding hydrogens is 232 g/mol. The largest absolute Gasteiger partial charge is 0.410 e. The van der Waals surface area contributed by atoms with Gasteiger partial charge < -0.3 is 4.74 Å². The van der Waals surface area contributed by atoms with Gasteiger partial charge in [0.15, 0.2) is 0 Å². The molecule has 17 heavy (non-hydrogen) atoms. The summed E-state index contributed by atoms with van der Waals surface area (Å²) < 4.78 is 4.92. The Kier molecular flexibility index (Phi) is 3.89. The Morgan fingerprint density at radius 3 is 2.76 bits per heavy atom. The normalized spacial score (nSPS) is 13.7. The number of benzene rings is 1. The van der Waals surface area contributed by atoms with Crippen molar-refractivity contribution in [2.45, 2.75) is 39.0 Å². The molecule has 3 heteroatoms. The van der Waals surface area contributed by atoms with Gasteiger partial charge in [0.25, 0.3) is 0 Å². The van der Waals surface area contributed by atoms with Crippen molar-refractivity contribution >= 4 is 23.2 Å². The molecule has 0 unspecified atom stereocenters. The van der Waals surface area contributed by atoms with Crippen LogP contribution in [0.5, 0.6) is 0 Å². The quantitative estimate of drug-likeness (QED) is 0.452. The lowest BCUT2D eigenvalue weighted by molar-refractivity contribution is 0.0741. The fraction of sp³-hybridized carbons (Fsp3) is 0.429. The smallest absolute Gasteiger partial charge is 0.345 e. The molecule has 1 heterocycles. The second-order valence-electron chi connectivity index (χ2n) is 4.37. The number of hydrogen-bond acceptors (Lipinski definition) is 3. The lowest BCUT2D eigenvalue weighted by Crippen LogP contribution is -1.96. The Morgan fingerprint density at radius 2 is 2.00 bits per heavy atom. The van der Waals surface area contributed by atoms with Gasteiger partial charge >= 0.3 is 5.97 Å². The number of esters is 1. The topological polar surface area (TPSA) is 26.3 Å². The Balaban J connectivity index is 2.04. The van der Waals surface area contributed by atoms with Crippen LogP contribution >= 0.6 is 12.2 Å². The molecular formula is C14H16O2S. The number of carbonyl (C=O) groups is 1. The summed E-state index contributed by atoms with van der Waals surface area (Å²) in [5.41, 5.74) is 2.59. The standard InChI is InChI=1S/C14H16O2S/c1-2-3-4-5-6-10-7-8-11-12(9-10)13(15)16-14(11)17/h7-9H,2-6H2,1H3. The summed E-state index contributed by atoms with van der Waals surface area (Å²) in [6.07, 6.45) is 5.96. The van der Waals surface area contributed by atoms with Crippen molar-refractivity contribution in [1.82, 2.24) is 0 Å². The number of ether oxygens (including phenoxy) is 1. The summed E-state index contributed by atoms with van der Waals surface area (Å²) in [5, 5.41) is 0.308. The van der Waals surface area contributed by atoms with E-state index in [4.69, 9.17) is 17.0 Å². The highest BCUT2D eigenvalue weighted by molar-refractivity contribution is 7.80. The summed E-state index contributed by atoms with van der Waals surface area (Å²) >= 11 is 4.97. The summed E-state index contributed by atoms with van der Waals surface area (Å²) in [7, 11) is 0. The van der Waals surface area contributed by atoms with Crippen molar-refractivity contribution in [2.75, 3.05) is 0 Å². The molecule has 0 amide bonds. The fourth-order valence-corrected chi connectivity index (χ4v) is 2.30. The molecule has 1 aromatic carbocycles. The maximum atomic E-state index is 11.5. The number of rotatable bonds is 5. The van der Waals surface area contributed by atoms with Gasteiger partial charge in [-0.1, -0.05) is 32.3 Å². The molecule has 0 fully saturated rings. The SMILES string of the molecule is CCCCCCc1ccc2c(c1)C(=O)OC2=S. The van der Waals surface area contributed by atoms with Gasteiger partial charge in [-0.25, -0.2) is 4.79 Å². The van der Waals surface area contributed by atoms with Gasteiger partial charge in [0.2, 0.25) is 5.05 Å². The summed E-state index contributed by atoms with van der Waals surface area (Å²) in [6.45, 7) is 2.20. The highest BCUT2D eigenvalue weighted by Gasteiger charge is 2.26. The molecule has 0 saturated heterocycles. The third-order valence-electron chi connectivity index (χ3n) is 3.03. The molecule has 0 N–H and O–H groups in total. The number of hydrogen-bond donors (Lipinski definition) is 0. The zero-order valence-corrected chi connectivity index (χ0v) is 10.8. The number of cyclic esters (lactones) is 1. The third kappa shape index (κ3) is 2.72. The van der Waals surface area contributed by atoms with Crippen LogP contribution in [0.4, 0.5) is 0 Å². The Bertz CT molecular complexity index is 452. The number of unbranched alkanes of at least 4 members (excludes halogenated alkanes) is 3. The Labute approximate surface area is 107 Å². The lowest BCUT2D eigenvalue weighted by atomic mass is 10.0. The van der Waals surface area contributed by atoms with E-state index in [1.807, 2.05) is 18.2 Å². The van der Waals surface area contributed by atoms with Crippen LogP contribution in [-0.2, 0) is 11.2 Å². The van der Waals surface area contributed by atoms with Crippen molar-refractivity contribution in [2.24, 2.45) is 0 Å². The predicted octanol–water partition coefficient (Wildman–Crippen LogP) is 3.66. The zero-order valence-electron chi connectivity index (χ0n) is 9.99. The molecule has 90 valence electrons. The van der Waals surface area contributed by atoms with E-state index in [-0.39, 0.29) is 5.97 Å². The Morgan fingerprint density at radius 1 is 1.18 bits per heavy atom. The van der Waals surface area contributed by atoms with Gasteiger partial charge in [0.1, 0.15) is 0 Å². The van der Waals surface area contributed by atoms with Gasteiger partial charge in [-0.05, 0) is 42.8 Å². The zero-order chi connectivity index (χ0) is 12.3. The molecule has 0 saturated carbocycles. The van der Waals surface area contributed by atoms with Gasteiger partial charge in [-0.2, -0.15) is 0 Å². The van der Waals surface area contributed by atoms with Crippen molar-refractivity contribution in [3.05, 3.63) is 34.9 Å². The van der Waals surface area contributed by atoms with Gasteiger partial charge in [-0.15, -0.1) is 0 Å². The number of carbonyl (C=O) groups excluding carboxylic acids is 1. The van der Waals surface area contributed by atoms with Crippen LogP contribution in [0.25, 0.3) is 0 Å². The van der Waals surface area contributed by atoms with E-state index in [1.54, 1.807) is 0 Å². The third-order valence-corrected chi connectivity index (χ3v) is 3.33. The monoisotopic (exact) mass is 248 g/mol. The first-order valence-corrected chi connectivity index (χ1v) is 6.52. The summed E-state index contributed by atoms with van der Waals surface area (Å²) in [4.78, 5) is 11.5. The predicted molar refractivity (Wildman–Crippen MR) is 71.4 cm³/mol.